The van der Waals surface area contributed by atoms with Crippen molar-refractivity contribution in [1.82, 2.24) is 0 Å². The molecule has 0 saturated carbocycles. The topological polar surface area (TPSA) is 21.3 Å². The summed E-state index contributed by atoms with van der Waals surface area (Å²) in [6.07, 6.45) is -2.45. The van der Waals surface area contributed by atoms with E-state index in [1.165, 1.54) is 12.1 Å². The lowest BCUT2D eigenvalue weighted by atomic mass is 10.1. The van der Waals surface area contributed by atoms with Crippen molar-refractivity contribution in [1.29, 1.82) is 0 Å². The molecule has 0 aliphatic rings. The predicted octanol–water partition coefficient (Wildman–Crippen LogP) is 4.90. The highest BCUT2D eigenvalue weighted by Crippen LogP contribution is 2.27. The van der Waals surface area contributed by atoms with Crippen LogP contribution >= 0.6 is 11.6 Å². The van der Waals surface area contributed by atoms with Crippen molar-refractivity contribution in [3.05, 3.63) is 58.6 Å². The van der Waals surface area contributed by atoms with E-state index in [4.69, 9.17) is 16.3 Å². The summed E-state index contributed by atoms with van der Waals surface area (Å²) in [6, 6.07) is 11.6. The molecule has 20 heavy (non-hydrogen) atoms. The van der Waals surface area contributed by atoms with Crippen LogP contribution in [0.15, 0.2) is 42.5 Å². The van der Waals surface area contributed by atoms with Gasteiger partial charge in [0.2, 0.25) is 0 Å². The Hall–Kier alpha value is -1.81. The van der Waals surface area contributed by atoms with Gasteiger partial charge in [0.05, 0.1) is 12.1 Å². The molecule has 0 heterocycles. The quantitative estimate of drug-likeness (QED) is 0.847. The van der Waals surface area contributed by atoms with Gasteiger partial charge >= 0.3 is 0 Å². The van der Waals surface area contributed by atoms with Gasteiger partial charge in [-0.2, -0.15) is 0 Å². The summed E-state index contributed by atoms with van der Waals surface area (Å²) >= 11 is 6.01. The third-order valence-electron chi connectivity index (χ3n) is 2.85. The Morgan fingerprint density at radius 3 is 2.65 bits per heavy atom. The van der Waals surface area contributed by atoms with E-state index in [1.54, 1.807) is 31.4 Å². The van der Waals surface area contributed by atoms with Crippen LogP contribution in [0.5, 0.6) is 5.75 Å². The normalized spacial score (nSPS) is 10.7. The molecule has 0 saturated heterocycles. The molecule has 0 bridgehead atoms. The average Bonchev–Trinajstić information content (AvgIpc) is 2.45. The average molecular weight is 298 g/mol. The first kappa shape index (κ1) is 14.6. The maximum Gasteiger partial charge on any atom is 0.263 e. The molecule has 0 radical (unpaired) electrons. The first-order valence-electron chi connectivity index (χ1n) is 6.04. The van der Waals surface area contributed by atoms with Gasteiger partial charge < -0.3 is 10.1 Å². The molecule has 0 aromatic heterocycles. The maximum atomic E-state index is 12.6. The summed E-state index contributed by atoms with van der Waals surface area (Å²) in [5.41, 5.74) is 1.62. The number of ether oxygens (including phenoxy) is 1. The number of anilines is 1. The third-order valence-corrected chi connectivity index (χ3v) is 3.15. The molecule has 2 aromatic carbocycles. The van der Waals surface area contributed by atoms with Crippen LogP contribution in [0.25, 0.3) is 0 Å². The highest BCUT2D eigenvalue weighted by Gasteiger charge is 2.07. The van der Waals surface area contributed by atoms with Crippen molar-refractivity contribution in [2.45, 2.75) is 13.0 Å². The van der Waals surface area contributed by atoms with Gasteiger partial charge in [-0.1, -0.05) is 29.8 Å². The largest absolute Gasteiger partial charge is 0.495 e. The zero-order valence-corrected chi connectivity index (χ0v) is 11.6. The number of halogens is 3. The lowest BCUT2D eigenvalue weighted by Crippen LogP contribution is -2.00. The minimum absolute atomic E-state index is 0.0251. The molecule has 5 heteroatoms. The predicted molar refractivity (Wildman–Crippen MR) is 76.7 cm³/mol. The van der Waals surface area contributed by atoms with Gasteiger partial charge in [-0.3, -0.25) is 0 Å². The highest BCUT2D eigenvalue weighted by atomic mass is 35.5. The van der Waals surface area contributed by atoms with Crippen molar-refractivity contribution < 1.29 is 13.5 Å². The van der Waals surface area contributed by atoms with Crippen LogP contribution < -0.4 is 10.1 Å². The second kappa shape index (κ2) is 6.57. The number of alkyl halides is 2. The van der Waals surface area contributed by atoms with Crippen molar-refractivity contribution in [3.8, 4) is 5.75 Å². The number of methoxy groups -OCH3 is 1. The summed E-state index contributed by atoms with van der Waals surface area (Å²) < 4.78 is 30.3. The number of benzene rings is 2. The van der Waals surface area contributed by atoms with Gasteiger partial charge in [-0.25, -0.2) is 8.78 Å². The minimum atomic E-state index is -2.45. The second-order valence-corrected chi connectivity index (χ2v) is 4.66. The maximum absolute atomic E-state index is 12.6. The number of hydrogen-bond donors (Lipinski definition) is 1. The van der Waals surface area contributed by atoms with E-state index < -0.39 is 6.43 Å². The van der Waals surface area contributed by atoms with Crippen LogP contribution in [-0.4, -0.2) is 7.11 Å². The van der Waals surface area contributed by atoms with E-state index in [0.717, 1.165) is 11.3 Å². The van der Waals surface area contributed by atoms with E-state index in [1.807, 2.05) is 6.07 Å². The van der Waals surface area contributed by atoms with Gasteiger partial charge in [0.15, 0.2) is 0 Å². The van der Waals surface area contributed by atoms with E-state index >= 15 is 0 Å². The van der Waals surface area contributed by atoms with E-state index in [0.29, 0.717) is 17.3 Å². The fraction of sp³-hybridized carbons (Fsp3) is 0.200. The molecule has 0 aliphatic heterocycles. The molecule has 2 aromatic rings. The Morgan fingerprint density at radius 1 is 1.20 bits per heavy atom. The molecule has 0 fully saturated rings. The fourth-order valence-corrected chi connectivity index (χ4v) is 2.08. The SMILES string of the molecule is COc1ccc(NCc2cccc(C(F)F)c2)cc1Cl. The Morgan fingerprint density at radius 2 is 2.00 bits per heavy atom. The minimum Gasteiger partial charge on any atom is -0.495 e. The molecule has 1 N–H and O–H groups in total. The zero-order chi connectivity index (χ0) is 14.5. The van der Waals surface area contributed by atoms with Crippen molar-refractivity contribution in [3.63, 3.8) is 0 Å². The Kier molecular flexibility index (Phi) is 4.79. The fourth-order valence-electron chi connectivity index (χ4n) is 1.82. The molecular weight excluding hydrogens is 284 g/mol. The van der Waals surface area contributed by atoms with Crippen LogP contribution in [0.2, 0.25) is 5.02 Å². The van der Waals surface area contributed by atoms with Crippen LogP contribution in [0, 0.1) is 0 Å². The zero-order valence-electron chi connectivity index (χ0n) is 10.9. The van der Waals surface area contributed by atoms with Gasteiger partial charge in [0, 0.05) is 17.8 Å². The lowest BCUT2D eigenvalue weighted by Gasteiger charge is -2.10. The Labute approximate surface area is 121 Å². The number of hydrogen-bond acceptors (Lipinski definition) is 2. The van der Waals surface area contributed by atoms with Crippen LogP contribution in [-0.2, 0) is 6.54 Å². The monoisotopic (exact) mass is 297 g/mol. The van der Waals surface area contributed by atoms with Gasteiger partial charge in [-0.05, 0) is 29.8 Å². The van der Waals surface area contributed by atoms with Crippen LogP contribution in [0.4, 0.5) is 14.5 Å². The molecule has 2 nitrogen and oxygen atoms in total. The van der Waals surface area contributed by atoms with Crippen LogP contribution in [0.1, 0.15) is 17.6 Å². The Bertz CT molecular complexity index is 590. The third kappa shape index (κ3) is 3.61. The van der Waals surface area contributed by atoms with E-state index in [2.05, 4.69) is 5.32 Å². The summed E-state index contributed by atoms with van der Waals surface area (Å²) in [5, 5.41) is 3.63. The number of nitrogens with one attached hydrogen (secondary N) is 1. The first-order valence-corrected chi connectivity index (χ1v) is 6.42. The van der Waals surface area contributed by atoms with Crippen molar-refractivity contribution in [2.24, 2.45) is 0 Å². The molecule has 0 spiro atoms. The lowest BCUT2D eigenvalue weighted by molar-refractivity contribution is 0.151. The summed E-state index contributed by atoms with van der Waals surface area (Å²) in [7, 11) is 1.55. The van der Waals surface area contributed by atoms with Crippen molar-refractivity contribution in [2.75, 3.05) is 12.4 Å². The molecular formula is C15H14ClF2NO. The molecule has 0 amide bonds. The summed E-state index contributed by atoms with van der Waals surface area (Å²) in [6.45, 7) is 0.448. The first-order chi connectivity index (χ1) is 9.60. The van der Waals surface area contributed by atoms with E-state index in [9.17, 15) is 8.78 Å². The Balaban J connectivity index is 2.05. The van der Waals surface area contributed by atoms with Crippen molar-refractivity contribution >= 4 is 17.3 Å². The van der Waals surface area contributed by atoms with Gasteiger partial charge in [0.1, 0.15) is 5.75 Å². The standard InChI is InChI=1S/C15H14ClF2NO/c1-20-14-6-5-12(8-13(14)16)19-9-10-3-2-4-11(7-10)15(17)18/h2-8,15,19H,9H2,1H3. The summed E-state index contributed by atoms with van der Waals surface area (Å²) in [4.78, 5) is 0. The van der Waals surface area contributed by atoms with Gasteiger partial charge in [-0.15, -0.1) is 0 Å². The van der Waals surface area contributed by atoms with Gasteiger partial charge in [0.25, 0.3) is 6.43 Å². The smallest absolute Gasteiger partial charge is 0.263 e. The summed E-state index contributed by atoms with van der Waals surface area (Å²) in [5.74, 6) is 0.594. The molecule has 2 rings (SSSR count). The van der Waals surface area contributed by atoms with E-state index in [-0.39, 0.29) is 5.56 Å². The molecule has 0 aliphatic carbocycles. The highest BCUT2D eigenvalue weighted by molar-refractivity contribution is 6.32. The molecule has 106 valence electrons. The molecule has 0 unspecified atom stereocenters. The molecule has 0 atom stereocenters. The second-order valence-electron chi connectivity index (χ2n) is 4.25. The number of rotatable bonds is 5. The van der Waals surface area contributed by atoms with Crippen LogP contribution in [0.3, 0.4) is 0 Å².